The van der Waals surface area contributed by atoms with Crippen LogP contribution in [0.25, 0.3) is 0 Å². The van der Waals surface area contributed by atoms with E-state index in [1.807, 2.05) is 0 Å². The zero-order valence-corrected chi connectivity index (χ0v) is 14.2. The lowest BCUT2D eigenvalue weighted by Crippen LogP contribution is -2.58. The Bertz CT molecular complexity index is 485. The fraction of sp³-hybridized carbons (Fsp3) is 0.812. The molecule has 2 fully saturated rings. The summed E-state index contributed by atoms with van der Waals surface area (Å²) >= 11 is 0. The van der Waals surface area contributed by atoms with Crippen LogP contribution in [0.1, 0.15) is 46.5 Å². The number of nitrogens with one attached hydrogen (secondary N) is 2. The highest BCUT2D eigenvalue weighted by Gasteiger charge is 2.43. The van der Waals surface area contributed by atoms with Crippen LogP contribution >= 0.6 is 0 Å². The Morgan fingerprint density at radius 3 is 1.91 bits per heavy atom. The van der Waals surface area contributed by atoms with E-state index in [-0.39, 0.29) is 35.8 Å². The van der Waals surface area contributed by atoms with E-state index >= 15 is 0 Å². The van der Waals surface area contributed by atoms with E-state index in [0.29, 0.717) is 0 Å². The van der Waals surface area contributed by atoms with Crippen molar-refractivity contribution in [2.24, 2.45) is 11.8 Å². The largest absolute Gasteiger partial charge is 0.469 e. The zero-order chi connectivity index (χ0) is 17.2. The molecule has 0 aromatic rings. The molecule has 2 saturated carbocycles. The third-order valence-electron chi connectivity index (χ3n) is 4.42. The van der Waals surface area contributed by atoms with Gasteiger partial charge in [0.2, 0.25) is 5.91 Å². The quantitative estimate of drug-likeness (QED) is 0.761. The molecule has 2 aliphatic rings. The average Bonchev–Trinajstić information content (AvgIpc) is 2.37. The van der Waals surface area contributed by atoms with Gasteiger partial charge in [0.05, 0.1) is 18.9 Å². The third-order valence-corrected chi connectivity index (χ3v) is 4.42. The van der Waals surface area contributed by atoms with Gasteiger partial charge in [-0.25, -0.2) is 4.79 Å². The summed E-state index contributed by atoms with van der Waals surface area (Å²) < 4.78 is 9.93. The Morgan fingerprint density at radius 1 is 0.913 bits per heavy atom. The first-order valence-corrected chi connectivity index (χ1v) is 8.09. The van der Waals surface area contributed by atoms with E-state index in [0.717, 1.165) is 25.7 Å². The van der Waals surface area contributed by atoms with Crippen molar-refractivity contribution in [3.05, 3.63) is 0 Å². The fourth-order valence-electron chi connectivity index (χ4n) is 2.84. The molecule has 0 aliphatic heterocycles. The monoisotopic (exact) mass is 326 g/mol. The molecule has 0 radical (unpaired) electrons. The van der Waals surface area contributed by atoms with E-state index in [2.05, 4.69) is 10.6 Å². The summed E-state index contributed by atoms with van der Waals surface area (Å²) in [5.41, 5.74) is -0.564. The second kappa shape index (κ2) is 6.76. The molecule has 0 spiro atoms. The number of carbonyl (C=O) groups excluding carboxylic acids is 3. The molecule has 130 valence electrons. The van der Waals surface area contributed by atoms with Crippen LogP contribution in [0.4, 0.5) is 4.79 Å². The number of ether oxygens (including phenoxy) is 2. The smallest absolute Gasteiger partial charge is 0.407 e. The Balaban J connectivity index is 1.79. The van der Waals surface area contributed by atoms with Crippen molar-refractivity contribution in [1.29, 1.82) is 0 Å². The third kappa shape index (κ3) is 4.36. The van der Waals surface area contributed by atoms with Gasteiger partial charge in [-0.3, -0.25) is 9.59 Å². The fourth-order valence-corrected chi connectivity index (χ4v) is 2.84. The minimum atomic E-state index is -0.564. The summed E-state index contributed by atoms with van der Waals surface area (Å²) in [7, 11) is 1.35. The van der Waals surface area contributed by atoms with Crippen LogP contribution in [0.2, 0.25) is 0 Å². The summed E-state index contributed by atoms with van der Waals surface area (Å²) in [5, 5.41) is 5.65. The number of methoxy groups -OCH3 is 1. The molecule has 0 aromatic heterocycles. The van der Waals surface area contributed by atoms with Gasteiger partial charge in [0.25, 0.3) is 0 Å². The lowest BCUT2D eigenvalue weighted by molar-refractivity contribution is -0.150. The van der Waals surface area contributed by atoms with Crippen LogP contribution in [-0.4, -0.2) is 42.8 Å². The van der Waals surface area contributed by atoms with Crippen LogP contribution < -0.4 is 10.6 Å². The number of esters is 1. The van der Waals surface area contributed by atoms with Crippen molar-refractivity contribution in [2.75, 3.05) is 7.11 Å². The first-order chi connectivity index (χ1) is 10.7. The average molecular weight is 326 g/mol. The molecule has 23 heavy (non-hydrogen) atoms. The molecule has 2 amide bonds. The minimum Gasteiger partial charge on any atom is -0.469 e. The Kier molecular flexibility index (Phi) is 5.16. The number of amides is 2. The van der Waals surface area contributed by atoms with Gasteiger partial charge in [-0.2, -0.15) is 0 Å². The minimum absolute atomic E-state index is 0.115. The van der Waals surface area contributed by atoms with Gasteiger partial charge in [-0.15, -0.1) is 0 Å². The number of alkyl carbamates (subject to hydrolysis) is 1. The zero-order valence-electron chi connectivity index (χ0n) is 14.2. The molecular weight excluding hydrogens is 300 g/mol. The normalized spacial score (nSPS) is 29.6. The van der Waals surface area contributed by atoms with Crippen molar-refractivity contribution in [3.8, 4) is 0 Å². The predicted octanol–water partition coefficient (Wildman–Crippen LogP) is 1.36. The van der Waals surface area contributed by atoms with Crippen LogP contribution in [0.5, 0.6) is 0 Å². The lowest BCUT2D eigenvalue weighted by Gasteiger charge is -2.40. The Morgan fingerprint density at radius 2 is 1.48 bits per heavy atom. The maximum atomic E-state index is 12.3. The summed E-state index contributed by atoms with van der Waals surface area (Å²) in [5.74, 6) is -0.905. The summed E-state index contributed by atoms with van der Waals surface area (Å²) in [6.07, 6.45) is 2.49. The lowest BCUT2D eigenvalue weighted by atomic mass is 9.76. The first kappa shape index (κ1) is 17.6. The standard InChI is InChI=1S/C16H26N2O5/c1-16(2,3)23-15(21)18-11-7-5-9(11)13(19)17-12-8-6-10(12)14(20)22-4/h9-12H,5-8H2,1-4H3,(H,17,19)(H,18,21)/t9-,10-,11+,12+/m1/s1. The molecule has 2 N–H and O–H groups in total. The second-order valence-electron chi connectivity index (χ2n) is 7.26. The molecule has 2 rings (SSSR count). The Labute approximate surface area is 136 Å². The van der Waals surface area contributed by atoms with E-state index in [9.17, 15) is 14.4 Å². The first-order valence-electron chi connectivity index (χ1n) is 8.09. The summed E-state index contributed by atoms with van der Waals surface area (Å²) in [6, 6.07) is -0.362. The summed E-state index contributed by atoms with van der Waals surface area (Å²) in [6.45, 7) is 5.38. The molecule has 0 aromatic carbocycles. The molecule has 0 heterocycles. The van der Waals surface area contributed by atoms with Crippen molar-refractivity contribution < 1.29 is 23.9 Å². The van der Waals surface area contributed by atoms with Gasteiger partial charge in [0, 0.05) is 12.1 Å². The Hall–Kier alpha value is -1.79. The van der Waals surface area contributed by atoms with Gasteiger partial charge < -0.3 is 20.1 Å². The van der Waals surface area contributed by atoms with E-state index in [1.54, 1.807) is 20.8 Å². The van der Waals surface area contributed by atoms with Crippen LogP contribution in [0.3, 0.4) is 0 Å². The molecule has 2 aliphatic carbocycles. The van der Waals surface area contributed by atoms with Crippen molar-refractivity contribution >= 4 is 18.0 Å². The van der Waals surface area contributed by atoms with Crippen LogP contribution in [0.15, 0.2) is 0 Å². The highest BCUT2D eigenvalue weighted by Crippen LogP contribution is 2.32. The molecule has 4 atom stereocenters. The van der Waals surface area contributed by atoms with Crippen molar-refractivity contribution in [1.82, 2.24) is 10.6 Å². The van der Waals surface area contributed by atoms with Crippen LogP contribution in [0, 0.1) is 11.8 Å². The van der Waals surface area contributed by atoms with Gasteiger partial charge in [-0.05, 0) is 46.5 Å². The topological polar surface area (TPSA) is 93.7 Å². The summed E-state index contributed by atoms with van der Waals surface area (Å²) in [4.78, 5) is 35.6. The number of hydrogen-bond acceptors (Lipinski definition) is 5. The van der Waals surface area contributed by atoms with Gasteiger partial charge in [-0.1, -0.05) is 0 Å². The predicted molar refractivity (Wildman–Crippen MR) is 82.6 cm³/mol. The van der Waals surface area contributed by atoms with E-state index < -0.39 is 11.7 Å². The van der Waals surface area contributed by atoms with Crippen LogP contribution in [-0.2, 0) is 19.1 Å². The molecule has 0 saturated heterocycles. The van der Waals surface area contributed by atoms with Gasteiger partial charge >= 0.3 is 12.1 Å². The van der Waals surface area contributed by atoms with Crippen molar-refractivity contribution in [2.45, 2.75) is 64.1 Å². The highest BCUT2D eigenvalue weighted by atomic mass is 16.6. The van der Waals surface area contributed by atoms with E-state index in [1.165, 1.54) is 7.11 Å². The number of hydrogen-bond donors (Lipinski definition) is 2. The molecule has 7 heteroatoms. The number of rotatable bonds is 4. The maximum Gasteiger partial charge on any atom is 0.407 e. The molecular formula is C16H26N2O5. The van der Waals surface area contributed by atoms with E-state index in [4.69, 9.17) is 9.47 Å². The van der Waals surface area contributed by atoms with Crippen molar-refractivity contribution in [3.63, 3.8) is 0 Å². The molecule has 0 unspecified atom stereocenters. The highest BCUT2D eigenvalue weighted by molar-refractivity contribution is 5.83. The van der Waals surface area contributed by atoms with Gasteiger partial charge in [0.15, 0.2) is 0 Å². The molecule has 0 bridgehead atoms. The molecule has 7 nitrogen and oxygen atoms in total. The maximum absolute atomic E-state index is 12.3. The SMILES string of the molecule is COC(=O)[C@@H]1CC[C@@H]1NC(=O)[C@@H]1CC[C@@H]1NC(=O)OC(C)(C)C. The van der Waals surface area contributed by atoms with Gasteiger partial charge in [0.1, 0.15) is 5.60 Å². The second-order valence-corrected chi connectivity index (χ2v) is 7.26. The number of carbonyl (C=O) groups is 3.